The van der Waals surface area contributed by atoms with Gasteiger partial charge < -0.3 is 14.2 Å². The van der Waals surface area contributed by atoms with Gasteiger partial charge in [-0.1, -0.05) is 43.7 Å². The Morgan fingerprint density at radius 1 is 1.19 bits per heavy atom. The van der Waals surface area contributed by atoms with Gasteiger partial charge in [0.15, 0.2) is 0 Å². The molecule has 0 amide bonds. The average Bonchev–Trinajstić information content (AvgIpc) is 2.59. The van der Waals surface area contributed by atoms with Crippen molar-refractivity contribution >= 4 is 11.9 Å². The monoisotopic (exact) mass is 372 g/mol. The second-order valence-corrected chi connectivity index (χ2v) is 7.89. The van der Waals surface area contributed by atoms with Crippen LogP contribution in [-0.2, 0) is 19.1 Å². The lowest BCUT2D eigenvalue weighted by atomic mass is 9.56. The summed E-state index contributed by atoms with van der Waals surface area (Å²) in [4.78, 5) is 22.9. The lowest BCUT2D eigenvalue weighted by molar-refractivity contribution is -0.180. The summed E-state index contributed by atoms with van der Waals surface area (Å²) in [6.07, 6.45) is 2.07. The standard InChI is InChI=1S/C22H28O5/c1-13-10-14(2)22(11-25-16(4)23)12-26-21(20(13)15(22)3)18-8-6-7-9-19(18)27-17(5)24/h6-10,14-15,20-21H,11-12H2,1-5H3/t14-,15+,20-,21+,22+/m1/s1. The van der Waals surface area contributed by atoms with E-state index in [1.807, 2.05) is 18.2 Å². The molecule has 1 aliphatic carbocycles. The van der Waals surface area contributed by atoms with Crippen molar-refractivity contribution < 1.29 is 23.8 Å². The van der Waals surface area contributed by atoms with Gasteiger partial charge in [0.05, 0.1) is 19.3 Å². The van der Waals surface area contributed by atoms with E-state index in [0.29, 0.717) is 19.0 Å². The predicted octanol–water partition coefficient (Wildman–Crippen LogP) is 4.08. The topological polar surface area (TPSA) is 61.8 Å². The highest BCUT2D eigenvalue weighted by molar-refractivity contribution is 5.70. The summed E-state index contributed by atoms with van der Waals surface area (Å²) in [5.41, 5.74) is 1.90. The fourth-order valence-electron chi connectivity index (χ4n) is 4.74. The molecule has 5 heteroatoms. The third-order valence-electron chi connectivity index (χ3n) is 6.27. The van der Waals surface area contributed by atoms with Gasteiger partial charge in [-0.25, -0.2) is 0 Å². The number of allylic oxidation sites excluding steroid dienone is 1. The van der Waals surface area contributed by atoms with E-state index in [9.17, 15) is 9.59 Å². The van der Waals surface area contributed by atoms with Crippen LogP contribution >= 0.6 is 0 Å². The summed E-state index contributed by atoms with van der Waals surface area (Å²) < 4.78 is 17.2. The zero-order chi connectivity index (χ0) is 19.8. The van der Waals surface area contributed by atoms with Gasteiger partial charge in [0.1, 0.15) is 5.75 Å². The minimum Gasteiger partial charge on any atom is -0.465 e. The number of hydrogen-bond acceptors (Lipinski definition) is 5. The Bertz CT molecular complexity index is 768. The van der Waals surface area contributed by atoms with Crippen LogP contribution in [0.3, 0.4) is 0 Å². The molecule has 146 valence electrons. The molecule has 1 saturated heterocycles. The van der Waals surface area contributed by atoms with Gasteiger partial charge in [-0.15, -0.1) is 0 Å². The highest BCUT2D eigenvalue weighted by Gasteiger charge is 2.54. The summed E-state index contributed by atoms with van der Waals surface area (Å²) in [6, 6.07) is 7.54. The van der Waals surface area contributed by atoms with E-state index in [2.05, 4.69) is 26.8 Å². The van der Waals surface area contributed by atoms with E-state index >= 15 is 0 Å². The van der Waals surface area contributed by atoms with Crippen LogP contribution in [0.25, 0.3) is 0 Å². The number of benzene rings is 1. The molecule has 5 atom stereocenters. The molecule has 0 unspecified atom stereocenters. The van der Waals surface area contributed by atoms with E-state index in [1.165, 1.54) is 19.4 Å². The Labute approximate surface area is 160 Å². The van der Waals surface area contributed by atoms with Crippen LogP contribution in [-0.4, -0.2) is 25.2 Å². The largest absolute Gasteiger partial charge is 0.465 e. The van der Waals surface area contributed by atoms with Gasteiger partial charge in [0.25, 0.3) is 0 Å². The van der Waals surface area contributed by atoms with Crippen molar-refractivity contribution in [3.05, 3.63) is 41.5 Å². The van der Waals surface area contributed by atoms with Crippen LogP contribution in [0.1, 0.15) is 46.3 Å². The summed E-state index contributed by atoms with van der Waals surface area (Å²) in [5, 5.41) is 0. The zero-order valence-electron chi connectivity index (χ0n) is 16.7. The molecule has 27 heavy (non-hydrogen) atoms. The maximum Gasteiger partial charge on any atom is 0.308 e. The first-order valence-corrected chi connectivity index (χ1v) is 9.47. The van der Waals surface area contributed by atoms with Gasteiger partial charge in [-0.05, 0) is 24.8 Å². The summed E-state index contributed by atoms with van der Waals surface area (Å²) in [6.45, 7) is 10.2. The fraction of sp³-hybridized carbons (Fsp3) is 0.545. The minimum atomic E-state index is -0.347. The number of rotatable bonds is 4. The van der Waals surface area contributed by atoms with Crippen molar-refractivity contribution in [1.29, 1.82) is 0 Å². The summed E-state index contributed by atoms with van der Waals surface area (Å²) in [5.74, 6) is 0.547. The van der Waals surface area contributed by atoms with Gasteiger partial charge in [-0.3, -0.25) is 9.59 Å². The number of fused-ring (bicyclic) bond motifs is 2. The van der Waals surface area contributed by atoms with E-state index in [0.717, 1.165) is 5.56 Å². The molecule has 1 aromatic carbocycles. The first kappa shape index (κ1) is 19.6. The van der Waals surface area contributed by atoms with Crippen molar-refractivity contribution in [2.75, 3.05) is 13.2 Å². The molecule has 0 saturated carbocycles. The van der Waals surface area contributed by atoms with E-state index in [4.69, 9.17) is 14.2 Å². The van der Waals surface area contributed by atoms with Crippen molar-refractivity contribution in [1.82, 2.24) is 0 Å². The third-order valence-corrected chi connectivity index (χ3v) is 6.27. The average molecular weight is 372 g/mol. The second-order valence-electron chi connectivity index (χ2n) is 7.89. The molecule has 5 nitrogen and oxygen atoms in total. The first-order chi connectivity index (χ1) is 12.8. The molecular weight excluding hydrogens is 344 g/mol. The Morgan fingerprint density at radius 3 is 2.56 bits per heavy atom. The lowest BCUT2D eigenvalue weighted by Crippen LogP contribution is -2.54. The number of hydrogen-bond donors (Lipinski definition) is 0. The molecule has 1 aliphatic heterocycles. The molecule has 1 fully saturated rings. The van der Waals surface area contributed by atoms with Crippen LogP contribution in [0, 0.1) is 23.2 Å². The van der Waals surface area contributed by atoms with Crippen molar-refractivity contribution in [3.8, 4) is 5.75 Å². The Hall–Kier alpha value is -2.14. The van der Waals surface area contributed by atoms with Crippen molar-refractivity contribution in [2.24, 2.45) is 23.2 Å². The molecule has 0 aromatic heterocycles. The Morgan fingerprint density at radius 2 is 1.89 bits per heavy atom. The lowest BCUT2D eigenvalue weighted by Gasteiger charge is -2.55. The van der Waals surface area contributed by atoms with E-state index in [1.54, 1.807) is 6.07 Å². The Kier molecular flexibility index (Phi) is 5.43. The first-order valence-electron chi connectivity index (χ1n) is 9.47. The van der Waals surface area contributed by atoms with Crippen LogP contribution in [0.15, 0.2) is 35.9 Å². The smallest absolute Gasteiger partial charge is 0.308 e. The Balaban J connectivity index is 1.98. The van der Waals surface area contributed by atoms with Gasteiger partial charge in [0, 0.05) is 30.7 Å². The molecule has 2 aliphatic rings. The number of para-hydroxylation sites is 1. The molecule has 0 radical (unpaired) electrons. The van der Waals surface area contributed by atoms with Gasteiger partial charge >= 0.3 is 11.9 Å². The number of carbonyl (C=O) groups is 2. The maximum absolute atomic E-state index is 11.5. The fourth-order valence-corrected chi connectivity index (χ4v) is 4.74. The normalized spacial score (nSPS) is 32.4. The van der Waals surface area contributed by atoms with Crippen LogP contribution in [0.5, 0.6) is 5.75 Å². The van der Waals surface area contributed by atoms with Crippen molar-refractivity contribution in [2.45, 2.75) is 40.7 Å². The quantitative estimate of drug-likeness (QED) is 0.453. The molecular formula is C22H28O5. The highest BCUT2D eigenvalue weighted by Crippen LogP contribution is 2.57. The SMILES string of the molecule is CC(=O)OC[C@]12CO[C@@H](c3ccccc3OC(C)=O)[C@H](C(C)=C[C@H]1C)[C@@H]2C. The third kappa shape index (κ3) is 3.53. The van der Waals surface area contributed by atoms with E-state index in [-0.39, 0.29) is 41.2 Å². The number of carbonyl (C=O) groups excluding carboxylic acids is 2. The molecule has 0 N–H and O–H groups in total. The predicted molar refractivity (Wildman–Crippen MR) is 101 cm³/mol. The van der Waals surface area contributed by atoms with E-state index < -0.39 is 0 Å². The minimum absolute atomic E-state index is 0.127. The summed E-state index contributed by atoms with van der Waals surface area (Å²) in [7, 11) is 0. The second kappa shape index (κ2) is 7.47. The molecule has 1 aromatic rings. The molecule has 3 rings (SSSR count). The highest BCUT2D eigenvalue weighted by atomic mass is 16.5. The maximum atomic E-state index is 11.5. The zero-order valence-corrected chi connectivity index (χ0v) is 16.7. The number of esters is 2. The number of ether oxygens (including phenoxy) is 3. The molecule has 0 spiro atoms. The molecule has 1 heterocycles. The summed E-state index contributed by atoms with van der Waals surface area (Å²) >= 11 is 0. The van der Waals surface area contributed by atoms with Crippen LogP contribution < -0.4 is 4.74 Å². The van der Waals surface area contributed by atoms with Crippen molar-refractivity contribution in [3.63, 3.8) is 0 Å². The van der Waals surface area contributed by atoms with Gasteiger partial charge in [-0.2, -0.15) is 0 Å². The van der Waals surface area contributed by atoms with Gasteiger partial charge in [0.2, 0.25) is 0 Å². The molecule has 2 bridgehead atoms. The van der Waals surface area contributed by atoms with Crippen LogP contribution in [0.4, 0.5) is 0 Å². The van der Waals surface area contributed by atoms with Crippen LogP contribution in [0.2, 0.25) is 0 Å².